The summed E-state index contributed by atoms with van der Waals surface area (Å²) in [6, 6.07) is 22.5. The van der Waals surface area contributed by atoms with E-state index in [-0.39, 0.29) is 4.90 Å². The molecule has 1 fully saturated rings. The van der Waals surface area contributed by atoms with Crippen molar-refractivity contribution in [2.75, 3.05) is 26.2 Å². The highest BCUT2D eigenvalue weighted by Crippen LogP contribution is 2.27. The van der Waals surface area contributed by atoms with Crippen molar-refractivity contribution >= 4 is 33.2 Å². The average Bonchev–Trinajstić information content (AvgIpc) is 2.76. The Kier molecular flexibility index (Phi) is 6.46. The fourth-order valence-corrected chi connectivity index (χ4v) is 5.37. The Labute approximate surface area is 187 Å². The van der Waals surface area contributed by atoms with Crippen LogP contribution in [0.5, 0.6) is 0 Å². The average molecular weight is 461 g/mol. The fourth-order valence-electron chi connectivity index (χ4n) is 3.69. The Bertz CT molecular complexity index is 1110. The molecule has 0 atom stereocenters. The van der Waals surface area contributed by atoms with E-state index in [0.29, 0.717) is 36.2 Å². The van der Waals surface area contributed by atoms with Crippen LogP contribution >= 0.6 is 23.2 Å². The number of hydrogen-bond acceptors (Lipinski definition) is 3. The number of piperazine rings is 1. The van der Waals surface area contributed by atoms with E-state index in [1.807, 2.05) is 36.4 Å². The Morgan fingerprint density at radius 3 is 1.93 bits per heavy atom. The summed E-state index contributed by atoms with van der Waals surface area (Å²) in [5, 5.41) is 1.24. The summed E-state index contributed by atoms with van der Waals surface area (Å²) in [5.74, 6) is 0. The topological polar surface area (TPSA) is 40.6 Å². The molecule has 156 valence electrons. The number of nitrogens with zero attached hydrogens (tertiary/aromatic N) is 2. The predicted octanol–water partition coefficient (Wildman–Crippen LogP) is 5.17. The first kappa shape index (κ1) is 21.3. The Morgan fingerprint density at radius 2 is 1.30 bits per heavy atom. The Balaban J connectivity index is 1.45. The maximum Gasteiger partial charge on any atom is 0.243 e. The Morgan fingerprint density at radius 1 is 0.733 bits per heavy atom. The van der Waals surface area contributed by atoms with Gasteiger partial charge in [0.15, 0.2) is 0 Å². The Hall–Kier alpha value is -1.89. The first-order valence-corrected chi connectivity index (χ1v) is 11.9. The number of sulfonamides is 1. The fraction of sp³-hybridized carbons (Fsp3) is 0.217. The maximum absolute atomic E-state index is 12.9. The van der Waals surface area contributed by atoms with Gasteiger partial charge in [0.25, 0.3) is 0 Å². The SMILES string of the molecule is O=S(=O)(c1ccc(Cl)cc1)N1CCN(Cc2ccccc2-c2ccc(Cl)cc2)CC1. The minimum absolute atomic E-state index is 0.286. The number of halogens is 2. The van der Waals surface area contributed by atoms with Crippen LogP contribution in [0.4, 0.5) is 0 Å². The third-order valence-electron chi connectivity index (χ3n) is 5.35. The molecule has 1 heterocycles. The lowest BCUT2D eigenvalue weighted by atomic mass is 9.99. The summed E-state index contributed by atoms with van der Waals surface area (Å²) >= 11 is 11.9. The van der Waals surface area contributed by atoms with Gasteiger partial charge in [0.2, 0.25) is 10.0 Å². The van der Waals surface area contributed by atoms with Gasteiger partial charge >= 0.3 is 0 Å². The molecule has 0 aromatic heterocycles. The van der Waals surface area contributed by atoms with Crippen LogP contribution in [0.25, 0.3) is 11.1 Å². The zero-order chi connectivity index (χ0) is 21.1. The number of rotatable bonds is 5. The second kappa shape index (κ2) is 9.08. The van der Waals surface area contributed by atoms with Gasteiger partial charge < -0.3 is 0 Å². The van der Waals surface area contributed by atoms with E-state index in [2.05, 4.69) is 17.0 Å². The second-order valence-electron chi connectivity index (χ2n) is 7.30. The molecule has 0 saturated carbocycles. The monoisotopic (exact) mass is 460 g/mol. The zero-order valence-electron chi connectivity index (χ0n) is 16.3. The van der Waals surface area contributed by atoms with E-state index in [0.717, 1.165) is 12.1 Å². The normalized spacial score (nSPS) is 15.9. The molecule has 1 saturated heterocycles. The molecule has 0 radical (unpaired) electrons. The highest BCUT2D eigenvalue weighted by atomic mass is 35.5. The minimum atomic E-state index is -3.49. The van der Waals surface area contributed by atoms with Crippen molar-refractivity contribution in [2.24, 2.45) is 0 Å². The summed E-state index contributed by atoms with van der Waals surface area (Å²) in [4.78, 5) is 2.58. The van der Waals surface area contributed by atoms with Crippen molar-refractivity contribution < 1.29 is 8.42 Å². The van der Waals surface area contributed by atoms with E-state index in [1.54, 1.807) is 28.6 Å². The maximum atomic E-state index is 12.9. The van der Waals surface area contributed by atoms with Gasteiger partial charge in [-0.2, -0.15) is 4.31 Å². The first-order valence-electron chi connectivity index (χ1n) is 9.75. The zero-order valence-corrected chi connectivity index (χ0v) is 18.7. The van der Waals surface area contributed by atoms with Crippen LogP contribution < -0.4 is 0 Å². The van der Waals surface area contributed by atoms with Gasteiger partial charge in [0.05, 0.1) is 4.90 Å². The van der Waals surface area contributed by atoms with Crippen LogP contribution in [0.15, 0.2) is 77.7 Å². The van der Waals surface area contributed by atoms with Crippen molar-refractivity contribution in [1.82, 2.24) is 9.21 Å². The molecule has 4 nitrogen and oxygen atoms in total. The van der Waals surface area contributed by atoms with Crippen LogP contribution in [0.2, 0.25) is 10.0 Å². The molecule has 4 rings (SSSR count). The number of hydrogen-bond donors (Lipinski definition) is 0. The molecule has 7 heteroatoms. The van der Waals surface area contributed by atoms with Crippen molar-refractivity contribution in [2.45, 2.75) is 11.4 Å². The van der Waals surface area contributed by atoms with E-state index in [4.69, 9.17) is 23.2 Å². The predicted molar refractivity (Wildman–Crippen MR) is 122 cm³/mol. The van der Waals surface area contributed by atoms with Gasteiger partial charge in [-0.3, -0.25) is 4.90 Å². The minimum Gasteiger partial charge on any atom is -0.296 e. The lowest BCUT2D eigenvalue weighted by Crippen LogP contribution is -2.48. The summed E-state index contributed by atoms with van der Waals surface area (Å²) in [5.41, 5.74) is 3.51. The van der Waals surface area contributed by atoms with Gasteiger partial charge in [-0.25, -0.2) is 8.42 Å². The van der Waals surface area contributed by atoms with Crippen LogP contribution in [-0.2, 0) is 16.6 Å². The standard InChI is InChI=1S/C23H22Cl2N2O2S/c24-20-7-5-18(6-8-20)23-4-2-1-3-19(23)17-26-13-15-27(16-14-26)30(28,29)22-11-9-21(25)10-12-22/h1-12H,13-17H2. The van der Waals surface area contributed by atoms with E-state index in [9.17, 15) is 8.42 Å². The third kappa shape index (κ3) is 4.71. The van der Waals surface area contributed by atoms with Crippen LogP contribution in [0.1, 0.15) is 5.56 Å². The molecule has 0 N–H and O–H groups in total. The van der Waals surface area contributed by atoms with Gasteiger partial charge in [-0.15, -0.1) is 0 Å². The van der Waals surface area contributed by atoms with Crippen molar-refractivity contribution in [1.29, 1.82) is 0 Å². The summed E-state index contributed by atoms with van der Waals surface area (Å²) in [6.07, 6.45) is 0. The third-order valence-corrected chi connectivity index (χ3v) is 7.77. The van der Waals surface area contributed by atoms with Crippen molar-refractivity contribution in [3.05, 3.63) is 88.4 Å². The largest absolute Gasteiger partial charge is 0.296 e. The van der Waals surface area contributed by atoms with Crippen molar-refractivity contribution in [3.8, 4) is 11.1 Å². The lowest BCUT2D eigenvalue weighted by molar-refractivity contribution is 0.182. The molecule has 3 aromatic rings. The molecule has 1 aliphatic rings. The summed E-state index contributed by atoms with van der Waals surface area (Å²) in [6.45, 7) is 3.07. The van der Waals surface area contributed by atoms with Gasteiger partial charge in [0.1, 0.15) is 0 Å². The molecular formula is C23H22Cl2N2O2S. The van der Waals surface area contributed by atoms with E-state index >= 15 is 0 Å². The van der Waals surface area contributed by atoms with Crippen LogP contribution in [-0.4, -0.2) is 43.8 Å². The molecule has 30 heavy (non-hydrogen) atoms. The first-order chi connectivity index (χ1) is 14.4. The summed E-state index contributed by atoms with van der Waals surface area (Å²) in [7, 11) is -3.49. The second-order valence-corrected chi connectivity index (χ2v) is 10.1. The van der Waals surface area contributed by atoms with Crippen LogP contribution in [0, 0.1) is 0 Å². The molecular weight excluding hydrogens is 439 g/mol. The highest BCUT2D eigenvalue weighted by Gasteiger charge is 2.28. The lowest BCUT2D eigenvalue weighted by Gasteiger charge is -2.34. The van der Waals surface area contributed by atoms with Gasteiger partial charge in [-0.1, -0.05) is 59.6 Å². The molecule has 0 bridgehead atoms. The molecule has 0 unspecified atom stereocenters. The van der Waals surface area contributed by atoms with Crippen molar-refractivity contribution in [3.63, 3.8) is 0 Å². The molecule has 0 aliphatic carbocycles. The number of benzene rings is 3. The van der Waals surface area contributed by atoms with Crippen LogP contribution in [0.3, 0.4) is 0 Å². The molecule has 1 aliphatic heterocycles. The van der Waals surface area contributed by atoms with E-state index in [1.165, 1.54) is 11.1 Å². The highest BCUT2D eigenvalue weighted by molar-refractivity contribution is 7.89. The van der Waals surface area contributed by atoms with Gasteiger partial charge in [-0.05, 0) is 53.1 Å². The smallest absolute Gasteiger partial charge is 0.243 e. The van der Waals surface area contributed by atoms with Gasteiger partial charge in [0, 0.05) is 42.8 Å². The summed E-state index contributed by atoms with van der Waals surface area (Å²) < 4.78 is 27.3. The molecule has 0 spiro atoms. The quantitative estimate of drug-likeness (QED) is 0.527. The van der Waals surface area contributed by atoms with E-state index < -0.39 is 10.0 Å². The molecule has 3 aromatic carbocycles. The molecule has 0 amide bonds.